The van der Waals surface area contributed by atoms with E-state index in [1.165, 1.54) is 0 Å². The number of carbonyl (C=O) groups excluding carboxylic acids is 1. The lowest BCUT2D eigenvalue weighted by Crippen LogP contribution is -2.46. The number of amides is 2. The van der Waals surface area contributed by atoms with Crippen LogP contribution in [0, 0.1) is 6.92 Å². The van der Waals surface area contributed by atoms with Gasteiger partial charge in [-0.3, -0.25) is 4.90 Å². The van der Waals surface area contributed by atoms with Gasteiger partial charge < -0.3 is 14.6 Å². The van der Waals surface area contributed by atoms with Gasteiger partial charge in [0, 0.05) is 11.3 Å². The molecule has 4 aromatic rings. The van der Waals surface area contributed by atoms with E-state index in [9.17, 15) is 4.79 Å². The number of para-hydroxylation sites is 1. The summed E-state index contributed by atoms with van der Waals surface area (Å²) in [4.78, 5) is 19.6. The summed E-state index contributed by atoms with van der Waals surface area (Å²) in [7, 11) is 1.62. The number of carbonyl (C=O) groups is 1. The first kappa shape index (κ1) is 21.5. The molecule has 1 aromatic heterocycles. The summed E-state index contributed by atoms with van der Waals surface area (Å²) in [5.41, 5.74) is 5.11. The zero-order valence-electron chi connectivity index (χ0n) is 19.1. The SMILES string of the molecule is COc1ccc(-c2noc(C3=C(C)N(c4ccccc4)C(=O)NC3c3ccc(C)cc3)n2)cc1. The van der Waals surface area contributed by atoms with Crippen LogP contribution in [0.5, 0.6) is 5.75 Å². The Morgan fingerprint density at radius 3 is 2.32 bits per heavy atom. The second-order valence-electron chi connectivity index (χ2n) is 8.11. The predicted molar refractivity (Wildman–Crippen MR) is 130 cm³/mol. The molecule has 7 heteroatoms. The monoisotopic (exact) mass is 452 g/mol. The lowest BCUT2D eigenvalue weighted by atomic mass is 9.94. The molecule has 5 rings (SSSR count). The highest BCUT2D eigenvalue weighted by Gasteiger charge is 2.36. The highest BCUT2D eigenvalue weighted by atomic mass is 16.5. The molecule has 7 nitrogen and oxygen atoms in total. The Kier molecular flexibility index (Phi) is 5.59. The van der Waals surface area contributed by atoms with Gasteiger partial charge in [0.05, 0.1) is 24.4 Å². The fourth-order valence-electron chi connectivity index (χ4n) is 4.11. The summed E-state index contributed by atoms with van der Waals surface area (Å²) in [6, 6.07) is 24.4. The van der Waals surface area contributed by atoms with Crippen LogP contribution < -0.4 is 15.0 Å². The van der Waals surface area contributed by atoms with Crippen molar-refractivity contribution in [2.75, 3.05) is 12.0 Å². The molecule has 170 valence electrons. The number of anilines is 1. The van der Waals surface area contributed by atoms with Gasteiger partial charge in [-0.05, 0) is 55.8 Å². The topological polar surface area (TPSA) is 80.5 Å². The quantitative estimate of drug-likeness (QED) is 0.417. The van der Waals surface area contributed by atoms with E-state index in [0.29, 0.717) is 11.7 Å². The highest BCUT2D eigenvalue weighted by Crippen LogP contribution is 2.39. The van der Waals surface area contributed by atoms with Crippen molar-refractivity contribution in [1.29, 1.82) is 0 Å². The second kappa shape index (κ2) is 8.86. The molecule has 0 aliphatic carbocycles. The molecule has 2 heterocycles. The Morgan fingerprint density at radius 1 is 0.941 bits per heavy atom. The molecular weight excluding hydrogens is 428 g/mol. The fourth-order valence-corrected chi connectivity index (χ4v) is 4.11. The minimum Gasteiger partial charge on any atom is -0.497 e. The van der Waals surface area contributed by atoms with Crippen LogP contribution in [0.4, 0.5) is 10.5 Å². The molecule has 0 spiro atoms. The molecule has 0 fully saturated rings. The van der Waals surface area contributed by atoms with Crippen molar-refractivity contribution in [2.24, 2.45) is 0 Å². The minimum atomic E-state index is -0.433. The van der Waals surface area contributed by atoms with Crippen LogP contribution in [0.15, 0.2) is 89.1 Å². The molecule has 34 heavy (non-hydrogen) atoms. The molecule has 3 aromatic carbocycles. The van der Waals surface area contributed by atoms with Gasteiger partial charge in [-0.2, -0.15) is 4.98 Å². The van der Waals surface area contributed by atoms with E-state index in [-0.39, 0.29) is 6.03 Å². The number of aryl methyl sites for hydroxylation is 1. The van der Waals surface area contributed by atoms with Gasteiger partial charge in [-0.15, -0.1) is 0 Å². The van der Waals surface area contributed by atoms with E-state index in [1.807, 2.05) is 92.7 Å². The number of hydrogen-bond donors (Lipinski definition) is 1. The number of urea groups is 1. The van der Waals surface area contributed by atoms with E-state index in [1.54, 1.807) is 12.0 Å². The van der Waals surface area contributed by atoms with Crippen LogP contribution in [-0.4, -0.2) is 23.3 Å². The van der Waals surface area contributed by atoms with Crippen LogP contribution in [0.2, 0.25) is 0 Å². The third-order valence-corrected chi connectivity index (χ3v) is 5.91. The first-order chi connectivity index (χ1) is 16.5. The smallest absolute Gasteiger partial charge is 0.326 e. The van der Waals surface area contributed by atoms with Gasteiger partial charge in [0.1, 0.15) is 5.75 Å². The number of allylic oxidation sites excluding steroid dienone is 1. The van der Waals surface area contributed by atoms with Gasteiger partial charge in [0.15, 0.2) is 0 Å². The van der Waals surface area contributed by atoms with Crippen LogP contribution in [-0.2, 0) is 0 Å². The summed E-state index contributed by atoms with van der Waals surface area (Å²) in [5.74, 6) is 1.57. The van der Waals surface area contributed by atoms with Gasteiger partial charge in [-0.25, -0.2) is 4.79 Å². The average molecular weight is 453 g/mol. The number of ether oxygens (including phenoxy) is 1. The summed E-state index contributed by atoms with van der Waals surface area (Å²) >= 11 is 0. The Bertz CT molecular complexity index is 1340. The van der Waals surface area contributed by atoms with Crippen molar-refractivity contribution < 1.29 is 14.1 Å². The predicted octanol–water partition coefficient (Wildman–Crippen LogP) is 5.76. The molecular formula is C27H24N4O3. The third-order valence-electron chi connectivity index (χ3n) is 5.91. The molecule has 0 bridgehead atoms. The number of rotatable bonds is 5. The van der Waals surface area contributed by atoms with Crippen molar-refractivity contribution in [3.8, 4) is 17.1 Å². The molecule has 1 atom stereocenters. The van der Waals surface area contributed by atoms with Crippen LogP contribution in [0.1, 0.15) is 30.0 Å². The third kappa shape index (κ3) is 3.92. The van der Waals surface area contributed by atoms with E-state index in [0.717, 1.165) is 39.4 Å². The molecule has 0 saturated heterocycles. The number of nitrogens with one attached hydrogen (secondary N) is 1. The Labute approximate surface area is 197 Å². The number of methoxy groups -OCH3 is 1. The molecule has 0 radical (unpaired) electrons. The van der Waals surface area contributed by atoms with Crippen molar-refractivity contribution in [3.63, 3.8) is 0 Å². The van der Waals surface area contributed by atoms with Crippen LogP contribution in [0.3, 0.4) is 0 Å². The Balaban J connectivity index is 1.62. The van der Waals surface area contributed by atoms with E-state index in [2.05, 4.69) is 10.5 Å². The summed E-state index contributed by atoms with van der Waals surface area (Å²) in [6.07, 6.45) is 0. The number of benzene rings is 3. The van der Waals surface area contributed by atoms with Crippen molar-refractivity contribution in [3.05, 3.63) is 102 Å². The molecule has 1 N–H and O–H groups in total. The summed E-state index contributed by atoms with van der Waals surface area (Å²) in [6.45, 7) is 3.93. The van der Waals surface area contributed by atoms with Crippen molar-refractivity contribution in [1.82, 2.24) is 15.5 Å². The number of nitrogens with zero attached hydrogens (tertiary/aromatic N) is 3. The molecule has 1 aliphatic heterocycles. The average Bonchev–Trinajstić information content (AvgIpc) is 3.34. The molecule has 0 saturated carbocycles. The molecule has 2 amide bonds. The van der Waals surface area contributed by atoms with E-state index in [4.69, 9.17) is 14.2 Å². The van der Waals surface area contributed by atoms with Gasteiger partial charge in [0.2, 0.25) is 5.82 Å². The molecule has 1 unspecified atom stereocenters. The van der Waals surface area contributed by atoms with Crippen LogP contribution in [0.25, 0.3) is 17.0 Å². The fraction of sp³-hybridized carbons (Fsp3) is 0.148. The lowest BCUT2D eigenvalue weighted by molar-refractivity contribution is 0.244. The second-order valence-corrected chi connectivity index (χ2v) is 8.11. The lowest BCUT2D eigenvalue weighted by Gasteiger charge is -2.35. The van der Waals surface area contributed by atoms with Crippen LogP contribution >= 0.6 is 0 Å². The summed E-state index contributed by atoms with van der Waals surface area (Å²) in [5, 5.41) is 7.35. The minimum absolute atomic E-state index is 0.215. The van der Waals surface area contributed by atoms with E-state index < -0.39 is 6.04 Å². The summed E-state index contributed by atoms with van der Waals surface area (Å²) < 4.78 is 11.0. The standard InChI is InChI=1S/C27H24N4O3/c1-17-9-11-19(12-10-17)24-23(18(2)31(27(32)28-24)21-7-5-4-6-8-21)26-29-25(30-34-26)20-13-15-22(33-3)16-14-20/h4-16,24H,1-3H3,(H,28,32). The highest BCUT2D eigenvalue weighted by molar-refractivity contribution is 6.01. The zero-order chi connectivity index (χ0) is 23.7. The largest absolute Gasteiger partial charge is 0.497 e. The zero-order valence-corrected chi connectivity index (χ0v) is 19.1. The first-order valence-electron chi connectivity index (χ1n) is 11.0. The van der Waals surface area contributed by atoms with Gasteiger partial charge >= 0.3 is 6.03 Å². The van der Waals surface area contributed by atoms with Crippen molar-refractivity contribution in [2.45, 2.75) is 19.9 Å². The van der Waals surface area contributed by atoms with Crippen molar-refractivity contribution >= 4 is 17.3 Å². The number of aromatic nitrogens is 2. The molecule has 1 aliphatic rings. The van der Waals surface area contributed by atoms with Gasteiger partial charge in [0.25, 0.3) is 5.89 Å². The van der Waals surface area contributed by atoms with E-state index >= 15 is 0 Å². The normalized spacial score (nSPS) is 15.9. The Hall–Kier alpha value is -4.39. The maximum Gasteiger partial charge on any atom is 0.326 e. The number of hydrogen-bond acceptors (Lipinski definition) is 5. The first-order valence-corrected chi connectivity index (χ1v) is 11.0. The Morgan fingerprint density at radius 2 is 1.65 bits per heavy atom. The van der Waals surface area contributed by atoms with Gasteiger partial charge in [-0.1, -0.05) is 53.2 Å². The maximum atomic E-state index is 13.2. The maximum absolute atomic E-state index is 13.2.